The summed E-state index contributed by atoms with van der Waals surface area (Å²) in [5.74, 6) is -0.649. The number of nitro benzene ring substituents is 1. The number of aliphatic imine (C=N–C) groups is 1. The van der Waals surface area contributed by atoms with E-state index in [0.717, 1.165) is 22.4 Å². The predicted molar refractivity (Wildman–Crippen MR) is 111 cm³/mol. The molecule has 0 unspecified atom stereocenters. The summed E-state index contributed by atoms with van der Waals surface area (Å²) in [7, 11) is 1.65. The molecule has 144 valence electrons. The Morgan fingerprint density at radius 2 is 1.82 bits per heavy atom. The van der Waals surface area contributed by atoms with Gasteiger partial charge in [-0.05, 0) is 61.4 Å². The van der Waals surface area contributed by atoms with Gasteiger partial charge >= 0.3 is 5.69 Å². The van der Waals surface area contributed by atoms with E-state index in [1.54, 1.807) is 13.1 Å². The fourth-order valence-electron chi connectivity index (χ4n) is 3.02. The van der Waals surface area contributed by atoms with Gasteiger partial charge in [-0.1, -0.05) is 23.8 Å². The standard InChI is InChI=1S/C20H19N3O4S/c1-11-7-12(2)18(13(3)8-11)21-20-22(4)19(25)17(28-20)10-14-5-6-16(24)15(9-14)23(26)27/h5-10,24H,1-4H3/b17-10-,21-20?. The van der Waals surface area contributed by atoms with E-state index in [1.165, 1.54) is 34.9 Å². The zero-order valence-electron chi connectivity index (χ0n) is 15.9. The molecule has 1 saturated heterocycles. The molecule has 2 aromatic carbocycles. The average molecular weight is 397 g/mol. The van der Waals surface area contributed by atoms with E-state index in [-0.39, 0.29) is 5.91 Å². The molecule has 1 aliphatic rings. The summed E-state index contributed by atoms with van der Waals surface area (Å²) < 4.78 is 0. The molecule has 1 fully saturated rings. The highest BCUT2D eigenvalue weighted by molar-refractivity contribution is 8.18. The number of carbonyl (C=O) groups excluding carboxylic acids is 1. The highest BCUT2D eigenvalue weighted by Crippen LogP contribution is 2.36. The Morgan fingerprint density at radius 1 is 1.18 bits per heavy atom. The molecule has 7 nitrogen and oxygen atoms in total. The minimum atomic E-state index is -0.664. The Kier molecular flexibility index (Phi) is 5.24. The number of nitrogens with zero attached hydrogens (tertiary/aromatic N) is 3. The second kappa shape index (κ2) is 7.47. The van der Waals surface area contributed by atoms with Crippen molar-refractivity contribution >= 4 is 40.3 Å². The topological polar surface area (TPSA) is 96.0 Å². The van der Waals surface area contributed by atoms with Crippen LogP contribution >= 0.6 is 11.8 Å². The molecule has 0 atom stereocenters. The number of benzene rings is 2. The summed E-state index contributed by atoms with van der Waals surface area (Å²) in [6.45, 7) is 5.98. The number of amides is 1. The molecule has 28 heavy (non-hydrogen) atoms. The van der Waals surface area contributed by atoms with Crippen molar-refractivity contribution < 1.29 is 14.8 Å². The zero-order chi connectivity index (χ0) is 20.6. The molecule has 2 aromatic rings. The van der Waals surface area contributed by atoms with Crippen molar-refractivity contribution in [3.05, 3.63) is 67.6 Å². The van der Waals surface area contributed by atoms with Crippen molar-refractivity contribution in [2.24, 2.45) is 4.99 Å². The summed E-state index contributed by atoms with van der Waals surface area (Å²) in [4.78, 5) is 29.5. The summed E-state index contributed by atoms with van der Waals surface area (Å²) in [6, 6.07) is 8.08. The highest BCUT2D eigenvalue weighted by Gasteiger charge is 2.31. The van der Waals surface area contributed by atoms with Crippen LogP contribution in [0.2, 0.25) is 0 Å². The van der Waals surface area contributed by atoms with Crippen LogP contribution in [0.4, 0.5) is 11.4 Å². The first kappa shape index (κ1) is 19.6. The molecule has 1 N–H and O–H groups in total. The Balaban J connectivity index is 1.97. The number of hydrogen-bond donors (Lipinski definition) is 1. The van der Waals surface area contributed by atoms with E-state index in [2.05, 4.69) is 4.99 Å². The van der Waals surface area contributed by atoms with Crippen LogP contribution in [-0.4, -0.2) is 33.1 Å². The molecule has 0 spiro atoms. The van der Waals surface area contributed by atoms with E-state index in [9.17, 15) is 20.0 Å². The molecular weight excluding hydrogens is 378 g/mol. The second-order valence-electron chi connectivity index (χ2n) is 6.62. The third-order valence-corrected chi connectivity index (χ3v) is 5.40. The predicted octanol–water partition coefficient (Wildman–Crippen LogP) is 4.46. The number of nitro groups is 1. The molecule has 8 heteroatoms. The van der Waals surface area contributed by atoms with Crippen LogP contribution in [0.3, 0.4) is 0 Å². The van der Waals surface area contributed by atoms with Gasteiger partial charge in [-0.25, -0.2) is 4.99 Å². The van der Waals surface area contributed by atoms with Crippen LogP contribution in [0.25, 0.3) is 6.08 Å². The second-order valence-corrected chi connectivity index (χ2v) is 7.63. The molecule has 1 aliphatic heterocycles. The normalized spacial score (nSPS) is 17.0. The van der Waals surface area contributed by atoms with Crippen molar-refractivity contribution in [1.29, 1.82) is 0 Å². The number of rotatable bonds is 3. The summed E-state index contributed by atoms with van der Waals surface area (Å²) in [5, 5.41) is 21.1. The van der Waals surface area contributed by atoms with Crippen LogP contribution in [0.15, 0.2) is 40.2 Å². The maximum Gasteiger partial charge on any atom is 0.311 e. The quantitative estimate of drug-likeness (QED) is 0.469. The molecule has 0 bridgehead atoms. The van der Waals surface area contributed by atoms with Gasteiger partial charge in [0.25, 0.3) is 5.91 Å². The SMILES string of the molecule is Cc1cc(C)c(N=C2S/C(=C\c3ccc(O)c([N+](=O)[O-])c3)C(=O)N2C)c(C)c1. The van der Waals surface area contributed by atoms with Gasteiger partial charge in [-0.15, -0.1) is 0 Å². The van der Waals surface area contributed by atoms with Gasteiger partial charge in [0.05, 0.1) is 15.5 Å². The van der Waals surface area contributed by atoms with Crippen molar-refractivity contribution in [2.75, 3.05) is 7.05 Å². The third kappa shape index (κ3) is 3.77. The van der Waals surface area contributed by atoms with Crippen LogP contribution in [0.1, 0.15) is 22.3 Å². The number of amidine groups is 1. The number of carbonyl (C=O) groups is 1. The highest BCUT2D eigenvalue weighted by atomic mass is 32.2. The number of phenols is 1. The largest absolute Gasteiger partial charge is 0.502 e. The van der Waals surface area contributed by atoms with Gasteiger partial charge in [0, 0.05) is 13.1 Å². The number of hydrogen-bond acceptors (Lipinski definition) is 6. The van der Waals surface area contributed by atoms with E-state index in [4.69, 9.17) is 0 Å². The van der Waals surface area contributed by atoms with Gasteiger partial charge in [0.2, 0.25) is 0 Å². The van der Waals surface area contributed by atoms with Gasteiger partial charge in [0.1, 0.15) is 0 Å². The van der Waals surface area contributed by atoms with Crippen molar-refractivity contribution in [1.82, 2.24) is 4.90 Å². The molecule has 3 rings (SSSR count). The lowest BCUT2D eigenvalue weighted by atomic mass is 10.1. The first-order valence-corrected chi connectivity index (χ1v) is 9.30. The Hall–Kier alpha value is -3.13. The molecule has 0 radical (unpaired) electrons. The number of thioether (sulfide) groups is 1. The molecular formula is C20H19N3O4S. The molecule has 0 aliphatic carbocycles. The minimum absolute atomic E-state index is 0.234. The molecule has 1 heterocycles. The fourth-order valence-corrected chi connectivity index (χ4v) is 4.00. The fraction of sp³-hybridized carbons (Fsp3) is 0.200. The number of aromatic hydroxyl groups is 1. The lowest BCUT2D eigenvalue weighted by molar-refractivity contribution is -0.385. The van der Waals surface area contributed by atoms with Gasteiger partial charge in [0.15, 0.2) is 10.9 Å². The van der Waals surface area contributed by atoms with E-state index in [1.807, 2.05) is 32.9 Å². The first-order valence-electron chi connectivity index (χ1n) is 8.49. The maximum absolute atomic E-state index is 12.6. The van der Waals surface area contributed by atoms with E-state index < -0.39 is 16.4 Å². The number of phenolic OH excluding ortho intramolecular Hbond substituents is 1. The van der Waals surface area contributed by atoms with Crippen molar-refractivity contribution in [3.8, 4) is 5.75 Å². The lowest BCUT2D eigenvalue weighted by Crippen LogP contribution is -2.23. The maximum atomic E-state index is 12.6. The minimum Gasteiger partial charge on any atom is -0.502 e. The van der Waals surface area contributed by atoms with Gasteiger partial charge in [-0.2, -0.15) is 0 Å². The van der Waals surface area contributed by atoms with Crippen LogP contribution in [0.5, 0.6) is 5.75 Å². The summed E-state index contributed by atoms with van der Waals surface area (Å²) in [6.07, 6.45) is 1.56. The van der Waals surface area contributed by atoms with Crippen molar-refractivity contribution in [3.63, 3.8) is 0 Å². The average Bonchev–Trinajstić information content (AvgIpc) is 2.87. The van der Waals surface area contributed by atoms with Crippen LogP contribution < -0.4 is 0 Å². The Morgan fingerprint density at radius 3 is 2.43 bits per heavy atom. The number of likely N-dealkylation sites (N-methyl/N-ethyl adjacent to an activating group) is 1. The van der Waals surface area contributed by atoms with Crippen molar-refractivity contribution in [2.45, 2.75) is 20.8 Å². The van der Waals surface area contributed by atoms with E-state index in [0.29, 0.717) is 15.6 Å². The summed E-state index contributed by atoms with van der Waals surface area (Å²) >= 11 is 1.21. The Bertz CT molecular complexity index is 1040. The van der Waals surface area contributed by atoms with E-state index >= 15 is 0 Å². The monoisotopic (exact) mass is 397 g/mol. The smallest absolute Gasteiger partial charge is 0.311 e. The first-order chi connectivity index (χ1) is 13.2. The number of aryl methyl sites for hydroxylation is 3. The van der Waals surface area contributed by atoms with Crippen LogP contribution in [-0.2, 0) is 4.79 Å². The lowest BCUT2D eigenvalue weighted by Gasteiger charge is -2.11. The zero-order valence-corrected chi connectivity index (χ0v) is 16.7. The Labute approximate surface area is 166 Å². The molecule has 0 saturated carbocycles. The van der Waals surface area contributed by atoms with Crippen LogP contribution in [0, 0.1) is 30.9 Å². The molecule has 1 amide bonds. The van der Waals surface area contributed by atoms with Gasteiger partial charge < -0.3 is 5.11 Å². The molecule has 0 aromatic heterocycles. The van der Waals surface area contributed by atoms with Gasteiger partial charge in [-0.3, -0.25) is 19.8 Å². The summed E-state index contributed by atoms with van der Waals surface area (Å²) in [5.41, 5.74) is 4.08. The third-order valence-electron chi connectivity index (χ3n) is 4.34.